The van der Waals surface area contributed by atoms with E-state index in [4.69, 9.17) is 25.8 Å². The summed E-state index contributed by atoms with van der Waals surface area (Å²) in [5, 5.41) is 0.659. The molecule has 2 aromatic rings. The Kier molecular flexibility index (Phi) is 7.23. The second kappa shape index (κ2) is 9.85. The molecule has 1 fully saturated rings. The van der Waals surface area contributed by atoms with Crippen LogP contribution in [0.25, 0.3) is 0 Å². The molecule has 1 aliphatic heterocycles. The Labute approximate surface area is 176 Å². The number of halogens is 1. The monoisotopic (exact) mass is 418 g/mol. The van der Waals surface area contributed by atoms with Crippen LogP contribution in [-0.2, 0) is 11.3 Å². The van der Waals surface area contributed by atoms with Gasteiger partial charge in [-0.1, -0.05) is 17.7 Å². The minimum atomic E-state index is 0.00474. The highest BCUT2D eigenvalue weighted by Gasteiger charge is 2.22. The topological polar surface area (TPSA) is 51.2 Å². The predicted octanol–water partition coefficient (Wildman–Crippen LogP) is 3.39. The van der Waals surface area contributed by atoms with Gasteiger partial charge in [-0.15, -0.1) is 0 Å². The van der Waals surface area contributed by atoms with Gasteiger partial charge in [-0.2, -0.15) is 0 Å². The Morgan fingerprint density at radius 2 is 1.66 bits per heavy atom. The number of ether oxygens (including phenoxy) is 3. The Balaban J connectivity index is 1.48. The number of carbonyl (C=O) groups excluding carboxylic acids is 1. The van der Waals surface area contributed by atoms with Gasteiger partial charge in [-0.05, 0) is 48.4 Å². The van der Waals surface area contributed by atoms with Gasteiger partial charge in [0.05, 0.1) is 14.2 Å². The van der Waals surface area contributed by atoms with Crippen molar-refractivity contribution >= 4 is 17.5 Å². The molecule has 156 valence electrons. The van der Waals surface area contributed by atoms with Crippen LogP contribution in [0.1, 0.15) is 11.1 Å². The van der Waals surface area contributed by atoms with Crippen LogP contribution in [0.4, 0.5) is 0 Å². The van der Waals surface area contributed by atoms with E-state index in [0.717, 1.165) is 42.3 Å². The highest BCUT2D eigenvalue weighted by atomic mass is 35.5. The van der Waals surface area contributed by atoms with E-state index in [1.54, 1.807) is 26.4 Å². The third-order valence-electron chi connectivity index (χ3n) is 5.07. The lowest BCUT2D eigenvalue weighted by Crippen LogP contribution is -2.49. The summed E-state index contributed by atoms with van der Waals surface area (Å²) in [4.78, 5) is 16.7. The second-order valence-electron chi connectivity index (χ2n) is 7.04. The molecular formula is C22H27ClN2O4. The minimum Gasteiger partial charge on any atom is -0.493 e. The average Bonchev–Trinajstić information content (AvgIpc) is 2.73. The van der Waals surface area contributed by atoms with Crippen LogP contribution in [0.2, 0.25) is 5.02 Å². The smallest absolute Gasteiger partial charge is 0.260 e. The van der Waals surface area contributed by atoms with Gasteiger partial charge in [-0.3, -0.25) is 9.69 Å². The lowest BCUT2D eigenvalue weighted by molar-refractivity contribution is -0.135. The quantitative estimate of drug-likeness (QED) is 0.689. The molecule has 0 radical (unpaired) electrons. The number of carbonyl (C=O) groups is 1. The first kappa shape index (κ1) is 21.3. The first-order valence-electron chi connectivity index (χ1n) is 9.60. The van der Waals surface area contributed by atoms with E-state index in [0.29, 0.717) is 23.9 Å². The molecule has 1 amide bonds. The lowest BCUT2D eigenvalue weighted by Gasteiger charge is -2.34. The van der Waals surface area contributed by atoms with Crippen LogP contribution in [-0.4, -0.2) is 62.7 Å². The Morgan fingerprint density at radius 3 is 2.31 bits per heavy atom. The van der Waals surface area contributed by atoms with Crippen molar-refractivity contribution in [3.05, 3.63) is 52.5 Å². The maximum absolute atomic E-state index is 12.5. The number of rotatable bonds is 7. The fourth-order valence-corrected chi connectivity index (χ4v) is 3.62. The molecule has 3 rings (SSSR count). The average molecular weight is 419 g/mol. The molecule has 0 aliphatic carbocycles. The number of methoxy groups -OCH3 is 2. The van der Waals surface area contributed by atoms with Crippen LogP contribution in [0, 0.1) is 6.92 Å². The third kappa shape index (κ3) is 5.55. The van der Waals surface area contributed by atoms with Crippen molar-refractivity contribution in [3.63, 3.8) is 0 Å². The van der Waals surface area contributed by atoms with Crippen molar-refractivity contribution in [3.8, 4) is 17.2 Å². The summed E-state index contributed by atoms with van der Waals surface area (Å²) >= 11 is 5.96. The molecule has 1 saturated heterocycles. The van der Waals surface area contributed by atoms with Crippen LogP contribution in [0.15, 0.2) is 36.4 Å². The molecular weight excluding hydrogens is 392 g/mol. The van der Waals surface area contributed by atoms with Crippen molar-refractivity contribution < 1.29 is 19.0 Å². The summed E-state index contributed by atoms with van der Waals surface area (Å²) in [6, 6.07) is 11.4. The van der Waals surface area contributed by atoms with Gasteiger partial charge in [0.2, 0.25) is 0 Å². The van der Waals surface area contributed by atoms with Gasteiger partial charge < -0.3 is 19.1 Å². The molecule has 0 saturated carbocycles. The van der Waals surface area contributed by atoms with Crippen LogP contribution >= 0.6 is 11.6 Å². The van der Waals surface area contributed by atoms with E-state index >= 15 is 0 Å². The number of nitrogens with zero attached hydrogens (tertiary/aromatic N) is 2. The fraction of sp³-hybridized carbons (Fsp3) is 0.409. The van der Waals surface area contributed by atoms with Crippen molar-refractivity contribution in [2.75, 3.05) is 47.0 Å². The Bertz CT molecular complexity index is 851. The zero-order valence-corrected chi connectivity index (χ0v) is 17.9. The number of piperazine rings is 1. The molecule has 0 unspecified atom stereocenters. The molecule has 1 heterocycles. The second-order valence-corrected chi connectivity index (χ2v) is 7.48. The Morgan fingerprint density at radius 1 is 0.966 bits per heavy atom. The minimum absolute atomic E-state index is 0.00474. The third-order valence-corrected chi connectivity index (χ3v) is 5.30. The summed E-state index contributed by atoms with van der Waals surface area (Å²) < 4.78 is 16.4. The van der Waals surface area contributed by atoms with Crippen LogP contribution in [0.5, 0.6) is 17.2 Å². The van der Waals surface area contributed by atoms with E-state index in [9.17, 15) is 4.79 Å². The molecule has 0 spiro atoms. The summed E-state index contributed by atoms with van der Waals surface area (Å²) in [6.45, 7) is 5.78. The molecule has 0 aromatic heterocycles. The first-order chi connectivity index (χ1) is 14.0. The van der Waals surface area contributed by atoms with Gasteiger partial charge in [0, 0.05) is 37.7 Å². The van der Waals surface area contributed by atoms with E-state index in [-0.39, 0.29) is 12.5 Å². The maximum Gasteiger partial charge on any atom is 0.260 e. The number of hydrogen-bond donors (Lipinski definition) is 0. The molecule has 7 heteroatoms. The molecule has 0 atom stereocenters. The number of aryl methyl sites for hydroxylation is 1. The lowest BCUT2D eigenvalue weighted by atomic mass is 10.1. The molecule has 29 heavy (non-hydrogen) atoms. The fourth-order valence-electron chi connectivity index (χ4n) is 3.40. The number of amides is 1. The summed E-state index contributed by atoms with van der Waals surface area (Å²) in [5.41, 5.74) is 2.08. The SMILES string of the molecule is COc1ccc(CN2CCN(C(=O)COc3ccc(Cl)cc3C)CC2)cc1OC. The predicted molar refractivity (Wildman–Crippen MR) is 113 cm³/mol. The highest BCUT2D eigenvalue weighted by molar-refractivity contribution is 6.30. The molecule has 6 nitrogen and oxygen atoms in total. The molecule has 0 bridgehead atoms. The van der Waals surface area contributed by atoms with Crippen LogP contribution < -0.4 is 14.2 Å². The standard InChI is InChI=1S/C22H27ClN2O4/c1-16-12-18(23)5-7-19(16)29-15-22(26)25-10-8-24(9-11-25)14-17-4-6-20(27-2)21(13-17)28-3/h4-7,12-13H,8-11,14-15H2,1-3H3. The summed E-state index contributed by atoms with van der Waals surface area (Å²) in [7, 11) is 3.27. The van der Waals surface area contributed by atoms with E-state index in [1.807, 2.05) is 36.1 Å². The van der Waals surface area contributed by atoms with E-state index < -0.39 is 0 Å². The van der Waals surface area contributed by atoms with E-state index in [1.165, 1.54) is 0 Å². The van der Waals surface area contributed by atoms with Crippen molar-refractivity contribution in [2.24, 2.45) is 0 Å². The normalized spacial score (nSPS) is 14.6. The molecule has 2 aromatic carbocycles. The van der Waals surface area contributed by atoms with Crippen molar-refractivity contribution in [2.45, 2.75) is 13.5 Å². The molecule has 1 aliphatic rings. The van der Waals surface area contributed by atoms with Crippen LogP contribution in [0.3, 0.4) is 0 Å². The van der Waals surface area contributed by atoms with Crippen molar-refractivity contribution in [1.29, 1.82) is 0 Å². The summed E-state index contributed by atoms with van der Waals surface area (Å²) in [5.74, 6) is 2.15. The van der Waals surface area contributed by atoms with Crippen molar-refractivity contribution in [1.82, 2.24) is 9.80 Å². The number of benzene rings is 2. The van der Waals surface area contributed by atoms with Gasteiger partial charge in [0.25, 0.3) is 5.91 Å². The highest BCUT2D eigenvalue weighted by Crippen LogP contribution is 2.28. The first-order valence-corrected chi connectivity index (χ1v) is 9.98. The van der Waals surface area contributed by atoms with E-state index in [2.05, 4.69) is 4.90 Å². The zero-order chi connectivity index (χ0) is 20.8. The van der Waals surface area contributed by atoms with Gasteiger partial charge in [0.15, 0.2) is 18.1 Å². The maximum atomic E-state index is 12.5. The largest absolute Gasteiger partial charge is 0.493 e. The van der Waals surface area contributed by atoms with Gasteiger partial charge in [-0.25, -0.2) is 0 Å². The zero-order valence-electron chi connectivity index (χ0n) is 17.1. The Hall–Kier alpha value is -2.44. The number of hydrogen-bond acceptors (Lipinski definition) is 5. The van der Waals surface area contributed by atoms with Gasteiger partial charge >= 0.3 is 0 Å². The van der Waals surface area contributed by atoms with Gasteiger partial charge in [0.1, 0.15) is 5.75 Å². The molecule has 0 N–H and O–H groups in total. The summed E-state index contributed by atoms with van der Waals surface area (Å²) in [6.07, 6.45) is 0.